The van der Waals surface area contributed by atoms with Crippen molar-refractivity contribution in [1.29, 1.82) is 0 Å². The van der Waals surface area contributed by atoms with E-state index in [0.717, 1.165) is 23.1 Å². The van der Waals surface area contributed by atoms with Gasteiger partial charge in [0.15, 0.2) is 6.61 Å². The third-order valence-corrected chi connectivity index (χ3v) is 4.79. The maximum Gasteiger partial charge on any atom is 0.257 e. The van der Waals surface area contributed by atoms with E-state index in [1.807, 2.05) is 0 Å². The van der Waals surface area contributed by atoms with E-state index in [4.69, 9.17) is 4.74 Å². The van der Waals surface area contributed by atoms with Crippen LogP contribution in [0.1, 0.15) is 29.7 Å². The Hall–Kier alpha value is -1.69. The average molecular weight is 291 g/mol. The van der Waals surface area contributed by atoms with E-state index in [0.29, 0.717) is 5.88 Å². The predicted octanol–water partition coefficient (Wildman–Crippen LogP) is 2.08. The number of hydrogen-bond donors (Lipinski definition) is 1. The smallest absolute Gasteiger partial charge is 0.257 e. The second-order valence-corrected chi connectivity index (χ2v) is 5.97. The highest BCUT2D eigenvalue weighted by Crippen LogP contribution is 2.38. The van der Waals surface area contributed by atoms with Gasteiger partial charge in [0.05, 0.1) is 5.39 Å². The summed E-state index contributed by atoms with van der Waals surface area (Å²) in [6.45, 7) is -0.00671. The summed E-state index contributed by atoms with van der Waals surface area (Å²) in [4.78, 5) is 22.3. The lowest BCUT2D eigenvalue weighted by Crippen LogP contribution is -2.25. The fourth-order valence-electron chi connectivity index (χ4n) is 2.55. The normalized spacial score (nSPS) is 14.7. The lowest BCUT2D eigenvalue weighted by molar-refractivity contribution is -0.122. The second-order valence-electron chi connectivity index (χ2n) is 4.89. The van der Waals surface area contributed by atoms with Gasteiger partial charge in [-0.1, -0.05) is 6.42 Å². The Bertz CT molecular complexity index is 639. The molecule has 0 fully saturated rings. The maximum absolute atomic E-state index is 11.3. The Balaban J connectivity index is 1.99. The third-order valence-electron chi connectivity index (χ3n) is 3.59. The summed E-state index contributed by atoms with van der Waals surface area (Å²) in [6, 6.07) is 0. The number of nitrogens with zero attached hydrogens (tertiary/aromatic N) is 2. The van der Waals surface area contributed by atoms with Gasteiger partial charge < -0.3 is 10.1 Å². The van der Waals surface area contributed by atoms with Gasteiger partial charge in [-0.2, -0.15) is 0 Å². The topological polar surface area (TPSA) is 64.1 Å². The molecule has 2 aromatic heterocycles. The Labute approximate surface area is 121 Å². The molecule has 0 bridgehead atoms. The van der Waals surface area contributed by atoms with Crippen LogP contribution in [0, 0.1) is 0 Å². The summed E-state index contributed by atoms with van der Waals surface area (Å²) >= 11 is 1.74. The number of aryl methyl sites for hydroxylation is 2. The van der Waals surface area contributed by atoms with Crippen LogP contribution >= 0.6 is 11.3 Å². The number of carbonyl (C=O) groups excluding carboxylic acids is 1. The van der Waals surface area contributed by atoms with Crippen LogP contribution in [0.2, 0.25) is 0 Å². The monoisotopic (exact) mass is 291 g/mol. The molecule has 5 nitrogen and oxygen atoms in total. The van der Waals surface area contributed by atoms with Gasteiger partial charge in [0, 0.05) is 11.9 Å². The van der Waals surface area contributed by atoms with Crippen molar-refractivity contribution in [3.05, 3.63) is 16.8 Å². The minimum absolute atomic E-state index is 0.00671. The highest BCUT2D eigenvalue weighted by atomic mass is 32.1. The van der Waals surface area contributed by atoms with Crippen molar-refractivity contribution in [2.24, 2.45) is 0 Å². The lowest BCUT2D eigenvalue weighted by atomic mass is 10.1. The first-order valence-electron chi connectivity index (χ1n) is 6.88. The molecule has 20 heavy (non-hydrogen) atoms. The zero-order chi connectivity index (χ0) is 13.9. The van der Waals surface area contributed by atoms with Crippen molar-refractivity contribution in [3.63, 3.8) is 0 Å². The van der Waals surface area contributed by atoms with Crippen molar-refractivity contribution in [1.82, 2.24) is 15.3 Å². The molecule has 0 saturated carbocycles. The van der Waals surface area contributed by atoms with Crippen LogP contribution in [0.3, 0.4) is 0 Å². The predicted molar refractivity (Wildman–Crippen MR) is 78.2 cm³/mol. The molecule has 1 amide bonds. The minimum atomic E-state index is -0.155. The van der Waals surface area contributed by atoms with E-state index in [1.54, 1.807) is 18.4 Å². The Kier molecular flexibility index (Phi) is 3.82. The maximum atomic E-state index is 11.3. The number of hydrogen-bond acceptors (Lipinski definition) is 5. The molecule has 0 aliphatic heterocycles. The molecule has 106 valence electrons. The highest BCUT2D eigenvalue weighted by Gasteiger charge is 2.20. The highest BCUT2D eigenvalue weighted by molar-refractivity contribution is 7.18. The number of amides is 1. The van der Waals surface area contributed by atoms with Gasteiger partial charge in [-0.3, -0.25) is 4.79 Å². The number of nitrogens with one attached hydrogen (secondary N) is 1. The van der Waals surface area contributed by atoms with Gasteiger partial charge in [-0.15, -0.1) is 11.3 Å². The quantitative estimate of drug-likeness (QED) is 0.879. The van der Waals surface area contributed by atoms with Crippen LogP contribution in [-0.4, -0.2) is 29.5 Å². The van der Waals surface area contributed by atoms with Crippen molar-refractivity contribution < 1.29 is 9.53 Å². The Morgan fingerprint density at radius 2 is 2.20 bits per heavy atom. The fourth-order valence-corrected chi connectivity index (χ4v) is 3.77. The van der Waals surface area contributed by atoms with E-state index >= 15 is 0 Å². The number of ether oxygens (including phenoxy) is 1. The lowest BCUT2D eigenvalue weighted by Gasteiger charge is -2.06. The standard InChI is InChI=1S/C14H17N3O2S/c1-15-11(18)7-19-13-12-9-5-3-2-4-6-10(9)20-14(12)17-8-16-13/h8H,2-7H2,1H3,(H,15,18). The molecule has 2 heterocycles. The Morgan fingerprint density at radius 3 is 3.05 bits per heavy atom. The first-order chi connectivity index (χ1) is 9.79. The summed E-state index contributed by atoms with van der Waals surface area (Å²) in [7, 11) is 1.60. The van der Waals surface area contributed by atoms with Crippen molar-refractivity contribution >= 4 is 27.5 Å². The fraction of sp³-hybridized carbons (Fsp3) is 0.500. The second kappa shape index (κ2) is 5.75. The van der Waals surface area contributed by atoms with Gasteiger partial charge >= 0.3 is 0 Å². The number of carbonyl (C=O) groups is 1. The molecular formula is C14H17N3O2S. The molecule has 0 aromatic carbocycles. The molecule has 1 N–H and O–H groups in total. The van der Waals surface area contributed by atoms with Crippen molar-refractivity contribution in [2.75, 3.05) is 13.7 Å². The molecule has 3 rings (SSSR count). The zero-order valence-corrected chi connectivity index (χ0v) is 12.3. The zero-order valence-electron chi connectivity index (χ0n) is 11.4. The van der Waals surface area contributed by atoms with Crippen LogP contribution in [-0.2, 0) is 17.6 Å². The largest absolute Gasteiger partial charge is 0.467 e. The number of likely N-dealkylation sites (N-methyl/N-ethyl adjacent to an activating group) is 1. The van der Waals surface area contributed by atoms with Gasteiger partial charge in [-0.05, 0) is 31.2 Å². The third kappa shape index (κ3) is 2.47. The SMILES string of the molecule is CNC(=O)COc1ncnc2sc3c(c12)CCCCC3. The molecular weight excluding hydrogens is 274 g/mol. The van der Waals surface area contributed by atoms with E-state index in [1.165, 1.54) is 36.0 Å². The number of fused-ring (bicyclic) bond motifs is 3. The number of rotatable bonds is 3. The molecule has 2 aromatic rings. The van der Waals surface area contributed by atoms with Crippen LogP contribution in [0.15, 0.2) is 6.33 Å². The van der Waals surface area contributed by atoms with E-state index < -0.39 is 0 Å². The molecule has 1 aliphatic carbocycles. The first-order valence-corrected chi connectivity index (χ1v) is 7.70. The summed E-state index contributed by atoms with van der Waals surface area (Å²) in [5.41, 5.74) is 1.33. The van der Waals surface area contributed by atoms with Crippen LogP contribution < -0.4 is 10.1 Å². The van der Waals surface area contributed by atoms with Crippen LogP contribution in [0.4, 0.5) is 0 Å². The van der Waals surface area contributed by atoms with Crippen molar-refractivity contribution in [3.8, 4) is 5.88 Å². The summed E-state index contributed by atoms with van der Waals surface area (Å²) in [5, 5.41) is 3.56. The molecule has 0 atom stereocenters. The van der Waals surface area contributed by atoms with E-state index in [2.05, 4.69) is 15.3 Å². The summed E-state index contributed by atoms with van der Waals surface area (Å²) in [6.07, 6.45) is 7.39. The van der Waals surface area contributed by atoms with E-state index in [-0.39, 0.29) is 12.5 Å². The molecule has 0 spiro atoms. The molecule has 0 saturated heterocycles. The average Bonchev–Trinajstić information content (AvgIpc) is 2.67. The number of thiophene rings is 1. The van der Waals surface area contributed by atoms with Crippen LogP contribution in [0.5, 0.6) is 5.88 Å². The molecule has 0 unspecified atom stereocenters. The van der Waals surface area contributed by atoms with Gasteiger partial charge in [0.1, 0.15) is 11.2 Å². The minimum Gasteiger partial charge on any atom is -0.467 e. The first kappa shape index (κ1) is 13.3. The molecule has 0 radical (unpaired) electrons. The van der Waals surface area contributed by atoms with Gasteiger partial charge in [0.2, 0.25) is 5.88 Å². The summed E-state index contributed by atoms with van der Waals surface area (Å²) in [5.74, 6) is 0.385. The van der Waals surface area contributed by atoms with Crippen LogP contribution in [0.25, 0.3) is 10.2 Å². The summed E-state index contributed by atoms with van der Waals surface area (Å²) < 4.78 is 5.58. The Morgan fingerprint density at radius 1 is 1.35 bits per heavy atom. The van der Waals surface area contributed by atoms with E-state index in [9.17, 15) is 4.79 Å². The van der Waals surface area contributed by atoms with Crippen molar-refractivity contribution in [2.45, 2.75) is 32.1 Å². The number of aromatic nitrogens is 2. The van der Waals surface area contributed by atoms with Gasteiger partial charge in [0.25, 0.3) is 5.91 Å². The molecule has 1 aliphatic rings. The van der Waals surface area contributed by atoms with Gasteiger partial charge in [-0.25, -0.2) is 9.97 Å². The molecule has 6 heteroatoms.